The maximum absolute atomic E-state index is 12.1. The fourth-order valence-corrected chi connectivity index (χ4v) is 1.73. The summed E-state index contributed by atoms with van der Waals surface area (Å²) in [7, 11) is 0. The van der Waals surface area contributed by atoms with Gasteiger partial charge in [0.15, 0.2) is 0 Å². The number of hydrogen-bond donors (Lipinski definition) is 1. The number of alkyl halides is 1. The third-order valence-electron chi connectivity index (χ3n) is 3.30. The number of benzene rings is 1. The van der Waals surface area contributed by atoms with Gasteiger partial charge in [0.1, 0.15) is 0 Å². The van der Waals surface area contributed by atoms with Crippen LogP contribution in [0.4, 0.5) is 5.69 Å². The van der Waals surface area contributed by atoms with E-state index in [1.54, 1.807) is 0 Å². The molecule has 1 aromatic carbocycles. The monoisotopic (exact) mass is 267 g/mol. The number of rotatable bonds is 5. The molecule has 0 spiro atoms. The summed E-state index contributed by atoms with van der Waals surface area (Å²) in [6.45, 7) is 8.01. The summed E-state index contributed by atoms with van der Waals surface area (Å²) in [6, 6.07) is 7.96. The molecule has 100 valence electrons. The van der Waals surface area contributed by atoms with E-state index in [0.29, 0.717) is 11.8 Å². The number of para-hydroxylation sites is 1. The van der Waals surface area contributed by atoms with E-state index in [1.165, 1.54) is 5.56 Å². The second-order valence-electron chi connectivity index (χ2n) is 5.37. The second kappa shape index (κ2) is 6.24. The minimum atomic E-state index is -0.551. The van der Waals surface area contributed by atoms with Gasteiger partial charge in [-0.25, -0.2) is 0 Å². The largest absolute Gasteiger partial charge is 0.325 e. The SMILES string of the molecule is CCC(C)c1ccccc1NC(=O)C(C)(C)CCl. The Labute approximate surface area is 115 Å². The van der Waals surface area contributed by atoms with E-state index >= 15 is 0 Å². The Morgan fingerprint density at radius 2 is 2.00 bits per heavy atom. The lowest BCUT2D eigenvalue weighted by Crippen LogP contribution is -2.32. The van der Waals surface area contributed by atoms with Crippen molar-refractivity contribution in [1.82, 2.24) is 0 Å². The molecule has 0 heterocycles. The van der Waals surface area contributed by atoms with Crippen molar-refractivity contribution in [2.75, 3.05) is 11.2 Å². The number of anilines is 1. The van der Waals surface area contributed by atoms with Crippen molar-refractivity contribution in [2.24, 2.45) is 5.41 Å². The lowest BCUT2D eigenvalue weighted by Gasteiger charge is -2.22. The van der Waals surface area contributed by atoms with E-state index in [-0.39, 0.29) is 5.91 Å². The molecule has 0 fully saturated rings. The molecule has 1 aromatic rings. The van der Waals surface area contributed by atoms with Crippen LogP contribution in [0.3, 0.4) is 0 Å². The molecule has 0 saturated heterocycles. The minimum Gasteiger partial charge on any atom is -0.325 e. The molecule has 1 atom stereocenters. The summed E-state index contributed by atoms with van der Waals surface area (Å²) in [6.07, 6.45) is 1.05. The summed E-state index contributed by atoms with van der Waals surface area (Å²) in [5.41, 5.74) is 1.53. The highest BCUT2D eigenvalue weighted by molar-refractivity contribution is 6.20. The van der Waals surface area contributed by atoms with Crippen molar-refractivity contribution in [3.63, 3.8) is 0 Å². The van der Waals surface area contributed by atoms with Crippen molar-refractivity contribution >= 4 is 23.2 Å². The molecule has 0 radical (unpaired) electrons. The molecule has 0 aliphatic rings. The second-order valence-corrected chi connectivity index (χ2v) is 5.64. The van der Waals surface area contributed by atoms with Gasteiger partial charge in [0, 0.05) is 11.6 Å². The maximum Gasteiger partial charge on any atom is 0.231 e. The number of hydrogen-bond acceptors (Lipinski definition) is 1. The Morgan fingerprint density at radius 1 is 1.39 bits per heavy atom. The molecule has 0 aromatic heterocycles. The first kappa shape index (κ1) is 15.0. The van der Waals surface area contributed by atoms with Crippen molar-refractivity contribution in [2.45, 2.75) is 40.0 Å². The lowest BCUT2D eigenvalue weighted by atomic mass is 9.93. The van der Waals surface area contributed by atoms with Crippen LogP contribution in [-0.2, 0) is 4.79 Å². The van der Waals surface area contributed by atoms with Gasteiger partial charge in [0.2, 0.25) is 5.91 Å². The molecule has 1 N–H and O–H groups in total. The van der Waals surface area contributed by atoms with E-state index < -0.39 is 5.41 Å². The molecular formula is C15H22ClNO. The Morgan fingerprint density at radius 3 is 2.56 bits per heavy atom. The predicted molar refractivity (Wildman–Crippen MR) is 78.3 cm³/mol. The first-order valence-corrected chi connectivity index (χ1v) is 6.92. The zero-order chi connectivity index (χ0) is 13.8. The fraction of sp³-hybridized carbons (Fsp3) is 0.533. The molecule has 1 amide bonds. The lowest BCUT2D eigenvalue weighted by molar-refractivity contribution is -0.122. The molecule has 0 saturated carbocycles. The number of halogens is 1. The molecule has 0 aliphatic heterocycles. The Hall–Kier alpha value is -1.02. The van der Waals surface area contributed by atoms with E-state index in [9.17, 15) is 4.79 Å². The molecule has 2 nitrogen and oxygen atoms in total. The highest BCUT2D eigenvalue weighted by Gasteiger charge is 2.27. The quantitative estimate of drug-likeness (QED) is 0.787. The van der Waals surface area contributed by atoms with Gasteiger partial charge in [-0.15, -0.1) is 11.6 Å². The van der Waals surface area contributed by atoms with Crippen molar-refractivity contribution in [1.29, 1.82) is 0 Å². The Balaban J connectivity index is 2.95. The fourth-order valence-electron chi connectivity index (χ4n) is 1.61. The first-order valence-electron chi connectivity index (χ1n) is 6.38. The van der Waals surface area contributed by atoms with E-state index in [4.69, 9.17) is 11.6 Å². The van der Waals surface area contributed by atoms with Gasteiger partial charge in [0.05, 0.1) is 5.41 Å². The van der Waals surface area contributed by atoms with Crippen LogP contribution in [0.15, 0.2) is 24.3 Å². The molecular weight excluding hydrogens is 246 g/mol. The average molecular weight is 268 g/mol. The minimum absolute atomic E-state index is 0.0340. The van der Waals surface area contributed by atoms with Gasteiger partial charge in [0.25, 0.3) is 0 Å². The van der Waals surface area contributed by atoms with Crippen LogP contribution in [0.5, 0.6) is 0 Å². The summed E-state index contributed by atoms with van der Waals surface area (Å²) in [5, 5.41) is 2.99. The topological polar surface area (TPSA) is 29.1 Å². The standard InChI is InChI=1S/C15H22ClNO/c1-5-11(2)12-8-6-7-9-13(12)17-14(18)15(3,4)10-16/h6-9,11H,5,10H2,1-4H3,(H,17,18). The van der Waals surface area contributed by atoms with Crippen molar-refractivity contribution < 1.29 is 4.79 Å². The van der Waals surface area contributed by atoms with Crippen LogP contribution >= 0.6 is 11.6 Å². The Bertz CT molecular complexity index is 415. The van der Waals surface area contributed by atoms with E-state index in [2.05, 4.69) is 25.2 Å². The third kappa shape index (κ3) is 3.49. The van der Waals surface area contributed by atoms with Crippen LogP contribution in [0.2, 0.25) is 0 Å². The highest BCUT2D eigenvalue weighted by atomic mass is 35.5. The van der Waals surface area contributed by atoms with E-state index in [0.717, 1.165) is 12.1 Å². The summed E-state index contributed by atoms with van der Waals surface area (Å²) in [5.74, 6) is 0.707. The third-order valence-corrected chi connectivity index (χ3v) is 3.97. The zero-order valence-corrected chi connectivity index (χ0v) is 12.3. The number of carbonyl (C=O) groups excluding carboxylic acids is 1. The Kier molecular flexibility index (Phi) is 5.21. The van der Waals surface area contributed by atoms with Gasteiger partial charge < -0.3 is 5.32 Å². The zero-order valence-electron chi connectivity index (χ0n) is 11.6. The van der Waals surface area contributed by atoms with Gasteiger partial charge in [-0.2, -0.15) is 0 Å². The number of carbonyl (C=O) groups is 1. The molecule has 1 rings (SSSR count). The molecule has 0 aliphatic carbocycles. The van der Waals surface area contributed by atoms with E-state index in [1.807, 2.05) is 32.0 Å². The molecule has 0 bridgehead atoms. The smallest absolute Gasteiger partial charge is 0.231 e. The summed E-state index contributed by atoms with van der Waals surface area (Å²) in [4.78, 5) is 12.1. The molecule has 3 heteroatoms. The van der Waals surface area contributed by atoms with Crippen LogP contribution in [-0.4, -0.2) is 11.8 Å². The van der Waals surface area contributed by atoms with Gasteiger partial charge in [-0.3, -0.25) is 4.79 Å². The molecule has 18 heavy (non-hydrogen) atoms. The van der Waals surface area contributed by atoms with Crippen molar-refractivity contribution in [3.05, 3.63) is 29.8 Å². The first-order chi connectivity index (χ1) is 8.42. The predicted octanol–water partition coefficient (Wildman–Crippen LogP) is 4.40. The van der Waals surface area contributed by atoms with Gasteiger partial charge in [-0.05, 0) is 37.8 Å². The summed E-state index contributed by atoms with van der Waals surface area (Å²) < 4.78 is 0. The average Bonchev–Trinajstić information content (AvgIpc) is 2.38. The van der Waals surface area contributed by atoms with Crippen LogP contribution in [0, 0.1) is 5.41 Å². The van der Waals surface area contributed by atoms with Gasteiger partial charge >= 0.3 is 0 Å². The summed E-state index contributed by atoms with van der Waals surface area (Å²) >= 11 is 5.82. The van der Waals surface area contributed by atoms with Crippen molar-refractivity contribution in [3.8, 4) is 0 Å². The normalized spacial score (nSPS) is 13.2. The maximum atomic E-state index is 12.1. The van der Waals surface area contributed by atoms with Gasteiger partial charge in [-0.1, -0.05) is 32.0 Å². The highest BCUT2D eigenvalue weighted by Crippen LogP contribution is 2.28. The van der Waals surface area contributed by atoms with Crippen LogP contribution in [0.25, 0.3) is 0 Å². The van der Waals surface area contributed by atoms with Crippen LogP contribution in [0.1, 0.15) is 45.6 Å². The van der Waals surface area contributed by atoms with Crippen LogP contribution < -0.4 is 5.32 Å². The number of amides is 1. The molecule has 1 unspecified atom stereocenters. The number of nitrogens with one attached hydrogen (secondary N) is 1.